The van der Waals surface area contributed by atoms with Crippen LogP contribution in [0.3, 0.4) is 0 Å². The molecule has 0 spiro atoms. The lowest BCUT2D eigenvalue weighted by molar-refractivity contribution is 0.509. The smallest absolute Gasteiger partial charge is 0.159 e. The molecule has 0 saturated heterocycles. The second-order valence-corrected chi connectivity index (χ2v) is 3.36. The van der Waals surface area contributed by atoms with Crippen LogP contribution in [0, 0.1) is 11.6 Å². The molecule has 1 aromatic heterocycles. The van der Waals surface area contributed by atoms with Crippen LogP contribution in [0.2, 0.25) is 5.15 Å². The van der Waals surface area contributed by atoms with Crippen molar-refractivity contribution in [2.45, 2.75) is 0 Å². The maximum absolute atomic E-state index is 12.9. The number of nitrogens with zero attached hydrogens (tertiary/aromatic N) is 1. The standard InChI is InChI=1S/C11H6ClF2N/c12-11-3-1-2-10(15-11)7-4-5-8(13)9(14)6-7/h1-6H. The third-order valence-electron chi connectivity index (χ3n) is 1.93. The van der Waals surface area contributed by atoms with Gasteiger partial charge in [-0.1, -0.05) is 17.7 Å². The van der Waals surface area contributed by atoms with E-state index in [2.05, 4.69) is 4.98 Å². The van der Waals surface area contributed by atoms with E-state index < -0.39 is 11.6 Å². The molecule has 1 nitrogen and oxygen atoms in total. The van der Waals surface area contributed by atoms with Crippen molar-refractivity contribution in [3.05, 3.63) is 53.2 Å². The van der Waals surface area contributed by atoms with Gasteiger partial charge in [-0.2, -0.15) is 0 Å². The molecular weight excluding hydrogens is 220 g/mol. The lowest BCUT2D eigenvalue weighted by atomic mass is 10.1. The van der Waals surface area contributed by atoms with Crippen molar-refractivity contribution in [2.24, 2.45) is 0 Å². The minimum Gasteiger partial charge on any atom is -0.236 e. The minimum atomic E-state index is -0.894. The summed E-state index contributed by atoms with van der Waals surface area (Å²) in [6, 6.07) is 8.60. The summed E-state index contributed by atoms with van der Waals surface area (Å²) in [6.45, 7) is 0. The Balaban J connectivity index is 2.50. The zero-order valence-corrected chi connectivity index (χ0v) is 8.30. The minimum absolute atomic E-state index is 0.317. The van der Waals surface area contributed by atoms with Gasteiger partial charge in [0, 0.05) is 5.56 Å². The summed E-state index contributed by atoms with van der Waals surface area (Å²) in [7, 11) is 0. The first-order chi connectivity index (χ1) is 7.16. The fourth-order valence-electron chi connectivity index (χ4n) is 1.22. The highest BCUT2D eigenvalue weighted by atomic mass is 35.5. The average molecular weight is 226 g/mol. The van der Waals surface area contributed by atoms with Gasteiger partial charge in [0.2, 0.25) is 0 Å². The molecule has 2 aromatic rings. The largest absolute Gasteiger partial charge is 0.236 e. The average Bonchev–Trinajstić information content (AvgIpc) is 2.22. The maximum atomic E-state index is 12.9. The van der Waals surface area contributed by atoms with Gasteiger partial charge in [0.15, 0.2) is 11.6 Å². The van der Waals surface area contributed by atoms with E-state index in [0.29, 0.717) is 16.4 Å². The second-order valence-electron chi connectivity index (χ2n) is 2.97. The van der Waals surface area contributed by atoms with Crippen LogP contribution in [0.25, 0.3) is 11.3 Å². The Bertz CT molecular complexity index is 500. The monoisotopic (exact) mass is 225 g/mol. The zero-order chi connectivity index (χ0) is 10.8. The van der Waals surface area contributed by atoms with E-state index in [4.69, 9.17) is 11.6 Å². The predicted octanol–water partition coefficient (Wildman–Crippen LogP) is 3.68. The molecule has 0 N–H and O–H groups in total. The van der Waals surface area contributed by atoms with Gasteiger partial charge in [0.1, 0.15) is 5.15 Å². The van der Waals surface area contributed by atoms with E-state index in [1.54, 1.807) is 18.2 Å². The van der Waals surface area contributed by atoms with E-state index in [-0.39, 0.29) is 0 Å². The molecule has 0 aliphatic heterocycles. The Morgan fingerprint density at radius 1 is 1.00 bits per heavy atom. The Kier molecular flexibility index (Phi) is 2.64. The molecule has 0 bridgehead atoms. The molecule has 15 heavy (non-hydrogen) atoms. The number of halogens is 3. The molecule has 0 unspecified atom stereocenters. The molecule has 1 aromatic carbocycles. The number of benzene rings is 1. The van der Waals surface area contributed by atoms with Crippen molar-refractivity contribution in [3.8, 4) is 11.3 Å². The lowest BCUT2D eigenvalue weighted by Gasteiger charge is -2.01. The van der Waals surface area contributed by atoms with Crippen LogP contribution < -0.4 is 0 Å². The van der Waals surface area contributed by atoms with Crippen LogP contribution in [0.15, 0.2) is 36.4 Å². The quantitative estimate of drug-likeness (QED) is 0.675. The maximum Gasteiger partial charge on any atom is 0.159 e. The van der Waals surface area contributed by atoms with Gasteiger partial charge in [0.05, 0.1) is 5.69 Å². The molecule has 0 saturated carbocycles. The highest BCUT2D eigenvalue weighted by molar-refractivity contribution is 6.29. The SMILES string of the molecule is Fc1ccc(-c2cccc(Cl)n2)cc1F. The fraction of sp³-hybridized carbons (Fsp3) is 0. The topological polar surface area (TPSA) is 12.9 Å². The summed E-state index contributed by atoms with van der Waals surface area (Å²) in [5.41, 5.74) is 1.01. The molecule has 0 aliphatic rings. The lowest BCUT2D eigenvalue weighted by Crippen LogP contribution is -1.87. The molecule has 2 rings (SSSR count). The Hall–Kier alpha value is -1.48. The van der Waals surface area contributed by atoms with Crippen molar-refractivity contribution < 1.29 is 8.78 Å². The Labute approximate surface area is 90.3 Å². The molecule has 76 valence electrons. The molecule has 0 aliphatic carbocycles. The van der Waals surface area contributed by atoms with Crippen LogP contribution in [-0.4, -0.2) is 4.98 Å². The number of hydrogen-bond acceptors (Lipinski definition) is 1. The molecule has 0 radical (unpaired) electrons. The van der Waals surface area contributed by atoms with Gasteiger partial charge in [0.25, 0.3) is 0 Å². The molecular formula is C11H6ClF2N. The third kappa shape index (κ3) is 2.13. The summed E-state index contributed by atoms with van der Waals surface area (Å²) in [6.07, 6.45) is 0. The normalized spacial score (nSPS) is 10.3. The first-order valence-corrected chi connectivity index (χ1v) is 4.62. The van der Waals surface area contributed by atoms with Crippen LogP contribution in [0.1, 0.15) is 0 Å². The number of pyridine rings is 1. The van der Waals surface area contributed by atoms with Crippen molar-refractivity contribution in [3.63, 3.8) is 0 Å². The Morgan fingerprint density at radius 3 is 2.47 bits per heavy atom. The summed E-state index contributed by atoms with van der Waals surface area (Å²) in [5.74, 6) is -1.77. The summed E-state index contributed by atoms with van der Waals surface area (Å²) >= 11 is 5.69. The van der Waals surface area contributed by atoms with E-state index >= 15 is 0 Å². The highest BCUT2D eigenvalue weighted by Crippen LogP contribution is 2.20. The van der Waals surface area contributed by atoms with Crippen LogP contribution >= 0.6 is 11.6 Å². The molecule has 0 fully saturated rings. The Morgan fingerprint density at radius 2 is 1.80 bits per heavy atom. The number of hydrogen-bond donors (Lipinski definition) is 0. The van der Waals surface area contributed by atoms with E-state index in [0.717, 1.165) is 12.1 Å². The predicted molar refractivity (Wildman–Crippen MR) is 54.6 cm³/mol. The third-order valence-corrected chi connectivity index (χ3v) is 2.14. The first kappa shape index (κ1) is 10.1. The van der Waals surface area contributed by atoms with E-state index in [1.165, 1.54) is 6.07 Å². The second kappa shape index (κ2) is 3.95. The summed E-state index contributed by atoms with van der Waals surface area (Å²) < 4.78 is 25.6. The summed E-state index contributed by atoms with van der Waals surface area (Å²) in [5, 5.41) is 0.317. The number of aromatic nitrogens is 1. The van der Waals surface area contributed by atoms with Gasteiger partial charge in [-0.3, -0.25) is 0 Å². The zero-order valence-electron chi connectivity index (χ0n) is 7.55. The van der Waals surface area contributed by atoms with E-state index in [1.807, 2.05) is 0 Å². The summed E-state index contributed by atoms with van der Waals surface area (Å²) in [4.78, 5) is 3.99. The molecule has 4 heteroatoms. The van der Waals surface area contributed by atoms with Crippen molar-refractivity contribution in [1.29, 1.82) is 0 Å². The molecule has 0 atom stereocenters. The first-order valence-electron chi connectivity index (χ1n) is 4.25. The van der Waals surface area contributed by atoms with Crippen molar-refractivity contribution in [2.75, 3.05) is 0 Å². The molecule has 0 amide bonds. The van der Waals surface area contributed by atoms with Gasteiger partial charge in [-0.25, -0.2) is 13.8 Å². The van der Waals surface area contributed by atoms with Crippen LogP contribution in [0.5, 0.6) is 0 Å². The van der Waals surface area contributed by atoms with E-state index in [9.17, 15) is 8.78 Å². The van der Waals surface area contributed by atoms with Gasteiger partial charge in [-0.05, 0) is 30.3 Å². The highest BCUT2D eigenvalue weighted by Gasteiger charge is 2.05. The van der Waals surface area contributed by atoms with Crippen LogP contribution in [0.4, 0.5) is 8.78 Å². The van der Waals surface area contributed by atoms with Crippen molar-refractivity contribution in [1.82, 2.24) is 4.98 Å². The molecule has 1 heterocycles. The van der Waals surface area contributed by atoms with Crippen molar-refractivity contribution >= 4 is 11.6 Å². The number of rotatable bonds is 1. The fourth-order valence-corrected chi connectivity index (χ4v) is 1.39. The van der Waals surface area contributed by atoms with Gasteiger partial charge >= 0.3 is 0 Å². The van der Waals surface area contributed by atoms with Gasteiger partial charge < -0.3 is 0 Å². The van der Waals surface area contributed by atoms with Gasteiger partial charge in [-0.15, -0.1) is 0 Å². The van der Waals surface area contributed by atoms with Crippen LogP contribution in [-0.2, 0) is 0 Å².